The van der Waals surface area contributed by atoms with E-state index < -0.39 is 56.3 Å². The lowest BCUT2D eigenvalue weighted by molar-refractivity contribution is -0.166. The first-order chi connectivity index (χ1) is 10.6. The highest BCUT2D eigenvalue weighted by Crippen LogP contribution is 1.96. The van der Waals surface area contributed by atoms with Crippen molar-refractivity contribution in [2.45, 2.75) is 13.2 Å². The largest absolute Gasteiger partial charge is 0.480 e. The second-order valence-electron chi connectivity index (χ2n) is 4.69. The average molecular weight is 336 g/mol. The van der Waals surface area contributed by atoms with Crippen LogP contribution >= 0.6 is 0 Å². The van der Waals surface area contributed by atoms with Crippen LogP contribution in [0.2, 0.25) is 0 Å². The third-order valence-corrected chi connectivity index (χ3v) is 2.46. The van der Waals surface area contributed by atoms with Crippen LogP contribution in [0, 0.1) is 0 Å². The molecule has 0 aliphatic carbocycles. The number of aliphatic hydroxyl groups is 1. The summed E-state index contributed by atoms with van der Waals surface area (Å²) in [5, 5.41) is 35.1. The topological polar surface area (TPSA) is 165 Å². The highest BCUT2D eigenvalue weighted by molar-refractivity contribution is 5.74. The number of esters is 1. The van der Waals surface area contributed by atoms with Crippen molar-refractivity contribution in [1.29, 1.82) is 0 Å². The normalized spacial score (nSPS) is 12.2. The van der Waals surface area contributed by atoms with E-state index in [1.807, 2.05) is 0 Å². The molecule has 0 rings (SSSR count). The number of carbonyl (C=O) groups excluding carboxylic acids is 1. The lowest BCUT2D eigenvalue weighted by atomic mass is 10.4. The summed E-state index contributed by atoms with van der Waals surface area (Å²) in [5.41, 5.74) is 0. The Morgan fingerprint density at radius 2 is 1.17 bits per heavy atom. The van der Waals surface area contributed by atoms with Crippen molar-refractivity contribution in [3.8, 4) is 0 Å². The van der Waals surface area contributed by atoms with Crippen LogP contribution in [0.5, 0.6) is 0 Å². The number of hydrogen-bond acceptors (Lipinski definition) is 8. The SMILES string of the molecule is CC(O)OC(=O)CN(CCN(CC(=O)O)CC(=O)O)CC(=O)O. The molecule has 0 saturated carbocycles. The molecule has 0 spiro atoms. The highest BCUT2D eigenvalue weighted by Gasteiger charge is 2.19. The molecular formula is C12H20N2O9. The van der Waals surface area contributed by atoms with E-state index in [0.29, 0.717) is 0 Å². The minimum Gasteiger partial charge on any atom is -0.480 e. The molecule has 0 heterocycles. The Labute approximate surface area is 131 Å². The summed E-state index contributed by atoms with van der Waals surface area (Å²) < 4.78 is 4.48. The maximum atomic E-state index is 11.4. The van der Waals surface area contributed by atoms with E-state index in [1.165, 1.54) is 6.92 Å². The third-order valence-electron chi connectivity index (χ3n) is 2.46. The maximum absolute atomic E-state index is 11.4. The fourth-order valence-corrected chi connectivity index (χ4v) is 1.69. The lowest BCUT2D eigenvalue weighted by Gasteiger charge is -2.24. The number of rotatable bonds is 12. The van der Waals surface area contributed by atoms with Gasteiger partial charge in [0.05, 0.1) is 26.2 Å². The molecule has 0 saturated heterocycles. The van der Waals surface area contributed by atoms with Crippen LogP contribution in [0.3, 0.4) is 0 Å². The Bertz CT molecular complexity index is 422. The summed E-state index contributed by atoms with van der Waals surface area (Å²) in [5.74, 6) is -4.55. The van der Waals surface area contributed by atoms with Crippen LogP contribution in [0.25, 0.3) is 0 Å². The van der Waals surface area contributed by atoms with Crippen molar-refractivity contribution in [3.05, 3.63) is 0 Å². The zero-order valence-corrected chi connectivity index (χ0v) is 12.5. The van der Waals surface area contributed by atoms with Crippen molar-refractivity contribution in [2.75, 3.05) is 39.3 Å². The standard InChI is InChI=1S/C12H20N2O9/c1-8(15)23-12(22)7-14(6-11(20)21)3-2-13(4-9(16)17)5-10(18)19/h8,15H,2-7H2,1H3,(H,16,17)(H,18,19)(H,20,21). The molecule has 0 aliphatic heterocycles. The zero-order chi connectivity index (χ0) is 18.0. The Kier molecular flexibility index (Phi) is 9.46. The van der Waals surface area contributed by atoms with Crippen LogP contribution in [-0.2, 0) is 23.9 Å². The predicted octanol–water partition coefficient (Wildman–Crippen LogP) is -2.27. The van der Waals surface area contributed by atoms with E-state index in [-0.39, 0.29) is 13.1 Å². The maximum Gasteiger partial charge on any atom is 0.322 e. The fraction of sp³-hybridized carbons (Fsp3) is 0.667. The van der Waals surface area contributed by atoms with E-state index >= 15 is 0 Å². The quantitative estimate of drug-likeness (QED) is 0.224. The Morgan fingerprint density at radius 1 is 0.826 bits per heavy atom. The van der Waals surface area contributed by atoms with Gasteiger partial charge in [0.15, 0.2) is 6.29 Å². The molecule has 1 atom stereocenters. The molecule has 0 bridgehead atoms. The van der Waals surface area contributed by atoms with Crippen LogP contribution in [0.1, 0.15) is 6.92 Å². The van der Waals surface area contributed by atoms with E-state index in [0.717, 1.165) is 9.80 Å². The molecule has 0 aromatic carbocycles. The monoisotopic (exact) mass is 336 g/mol. The molecule has 11 heteroatoms. The van der Waals surface area contributed by atoms with Gasteiger partial charge in [0, 0.05) is 13.1 Å². The molecule has 0 aromatic rings. The highest BCUT2D eigenvalue weighted by atomic mass is 16.6. The van der Waals surface area contributed by atoms with Gasteiger partial charge in [-0.15, -0.1) is 0 Å². The predicted molar refractivity (Wildman–Crippen MR) is 73.6 cm³/mol. The number of ether oxygens (including phenoxy) is 1. The minimum atomic E-state index is -1.34. The molecule has 132 valence electrons. The molecule has 0 amide bonds. The molecule has 0 aromatic heterocycles. The molecule has 0 fully saturated rings. The van der Waals surface area contributed by atoms with E-state index in [2.05, 4.69) is 4.74 Å². The minimum absolute atomic E-state index is 0.0677. The van der Waals surface area contributed by atoms with Gasteiger partial charge in [0.25, 0.3) is 0 Å². The summed E-state index contributed by atoms with van der Waals surface area (Å²) >= 11 is 0. The summed E-state index contributed by atoms with van der Waals surface area (Å²) in [7, 11) is 0. The smallest absolute Gasteiger partial charge is 0.322 e. The number of hydrogen-bond donors (Lipinski definition) is 4. The van der Waals surface area contributed by atoms with Crippen molar-refractivity contribution >= 4 is 23.9 Å². The number of aliphatic hydroxyl groups excluding tert-OH is 1. The molecule has 0 radical (unpaired) electrons. The number of nitrogens with zero attached hydrogens (tertiary/aromatic N) is 2. The van der Waals surface area contributed by atoms with Gasteiger partial charge in [-0.3, -0.25) is 29.0 Å². The molecule has 11 nitrogen and oxygen atoms in total. The van der Waals surface area contributed by atoms with Crippen LogP contribution in [0.4, 0.5) is 0 Å². The summed E-state index contributed by atoms with van der Waals surface area (Å²) in [6, 6.07) is 0. The van der Waals surface area contributed by atoms with Gasteiger partial charge in [0.2, 0.25) is 0 Å². The van der Waals surface area contributed by atoms with E-state index in [9.17, 15) is 19.2 Å². The number of aliphatic carboxylic acids is 3. The van der Waals surface area contributed by atoms with Gasteiger partial charge in [-0.25, -0.2) is 0 Å². The Morgan fingerprint density at radius 3 is 1.48 bits per heavy atom. The van der Waals surface area contributed by atoms with Crippen molar-refractivity contribution in [3.63, 3.8) is 0 Å². The van der Waals surface area contributed by atoms with Crippen molar-refractivity contribution in [2.24, 2.45) is 0 Å². The molecule has 1 unspecified atom stereocenters. The van der Waals surface area contributed by atoms with Crippen molar-refractivity contribution in [1.82, 2.24) is 9.80 Å². The number of carboxylic acids is 3. The fourth-order valence-electron chi connectivity index (χ4n) is 1.69. The van der Waals surface area contributed by atoms with E-state index in [1.54, 1.807) is 0 Å². The van der Waals surface area contributed by atoms with Crippen molar-refractivity contribution < 1.29 is 44.3 Å². The zero-order valence-electron chi connectivity index (χ0n) is 12.5. The first-order valence-electron chi connectivity index (χ1n) is 6.57. The van der Waals surface area contributed by atoms with Gasteiger partial charge < -0.3 is 25.2 Å². The van der Waals surface area contributed by atoms with Gasteiger partial charge in [-0.1, -0.05) is 0 Å². The van der Waals surface area contributed by atoms with Crippen LogP contribution in [0.15, 0.2) is 0 Å². The van der Waals surface area contributed by atoms with Gasteiger partial charge in [0.1, 0.15) is 0 Å². The lowest BCUT2D eigenvalue weighted by Crippen LogP contribution is -2.43. The first kappa shape index (κ1) is 20.8. The van der Waals surface area contributed by atoms with Gasteiger partial charge in [-0.2, -0.15) is 0 Å². The van der Waals surface area contributed by atoms with Gasteiger partial charge in [-0.05, 0) is 6.92 Å². The van der Waals surface area contributed by atoms with Gasteiger partial charge >= 0.3 is 23.9 Å². The molecule has 4 N–H and O–H groups in total. The van der Waals surface area contributed by atoms with Crippen LogP contribution < -0.4 is 0 Å². The summed E-state index contributed by atoms with van der Waals surface area (Å²) in [4.78, 5) is 45.8. The number of carbonyl (C=O) groups is 4. The number of carboxylic acid groups (broad SMARTS) is 3. The second-order valence-corrected chi connectivity index (χ2v) is 4.69. The third kappa shape index (κ3) is 12.0. The Balaban J connectivity index is 4.65. The summed E-state index contributed by atoms with van der Waals surface area (Å²) in [6.07, 6.45) is -1.34. The molecule has 23 heavy (non-hydrogen) atoms. The Hall–Kier alpha value is -2.24. The first-order valence-corrected chi connectivity index (χ1v) is 6.57. The van der Waals surface area contributed by atoms with E-state index in [4.69, 9.17) is 20.4 Å². The molecule has 0 aliphatic rings. The second kappa shape index (κ2) is 10.5. The summed E-state index contributed by atoms with van der Waals surface area (Å²) in [6.45, 7) is -0.971. The van der Waals surface area contributed by atoms with Crippen LogP contribution in [-0.4, -0.2) is 99.7 Å². The average Bonchev–Trinajstić information content (AvgIpc) is 2.32. The molecular weight excluding hydrogens is 316 g/mol.